The second-order valence-corrected chi connectivity index (χ2v) is 14.1. The quantitative estimate of drug-likeness (QED) is 0.536. The maximum atomic E-state index is 13.5. The summed E-state index contributed by atoms with van der Waals surface area (Å²) in [6.07, 6.45) is 3.07. The summed E-state index contributed by atoms with van der Waals surface area (Å²) in [7, 11) is -1.73. The lowest BCUT2D eigenvalue weighted by Crippen LogP contribution is -2.51. The van der Waals surface area contributed by atoms with Gasteiger partial charge in [-0.15, -0.1) is 0 Å². The smallest absolute Gasteiger partial charge is 0.272 e. The van der Waals surface area contributed by atoms with Crippen LogP contribution in [0.25, 0.3) is 0 Å². The number of hydrogen-bond donors (Lipinski definition) is 2. The van der Waals surface area contributed by atoms with Crippen LogP contribution in [0.4, 0.5) is 5.82 Å². The molecule has 2 aliphatic heterocycles. The number of rotatable bonds is 7. The summed E-state index contributed by atoms with van der Waals surface area (Å²) in [4.78, 5) is 26.9. The van der Waals surface area contributed by atoms with Crippen LogP contribution in [0.15, 0.2) is 24.3 Å². The van der Waals surface area contributed by atoms with Gasteiger partial charge < -0.3 is 15.1 Å². The molecule has 0 aliphatic carbocycles. The second-order valence-electron chi connectivity index (χ2n) is 11.9. The predicted octanol–water partition coefficient (Wildman–Crippen LogP) is 3.62. The molecular weight excluding hydrogens is 512 g/mol. The third-order valence-electron chi connectivity index (χ3n) is 8.21. The zero-order valence-corrected chi connectivity index (χ0v) is 25.1. The molecule has 9 nitrogen and oxygen atoms in total. The number of nitrogens with one attached hydrogen (secondary N) is 2. The van der Waals surface area contributed by atoms with E-state index in [0.29, 0.717) is 55.9 Å². The Morgan fingerprint density at radius 3 is 2.15 bits per heavy atom. The van der Waals surface area contributed by atoms with Gasteiger partial charge in [0.2, 0.25) is 10.0 Å². The maximum Gasteiger partial charge on any atom is 0.272 e. The van der Waals surface area contributed by atoms with Gasteiger partial charge in [0.05, 0.1) is 5.25 Å². The number of amides is 1. The van der Waals surface area contributed by atoms with E-state index in [0.717, 1.165) is 37.1 Å². The van der Waals surface area contributed by atoms with Gasteiger partial charge in [-0.05, 0) is 76.2 Å². The number of benzene rings is 1. The summed E-state index contributed by atoms with van der Waals surface area (Å²) >= 11 is 0. The van der Waals surface area contributed by atoms with Crippen LogP contribution in [0.3, 0.4) is 0 Å². The molecule has 2 aromatic rings. The lowest BCUT2D eigenvalue weighted by atomic mass is 9.87. The highest BCUT2D eigenvalue weighted by atomic mass is 32.2. The van der Waals surface area contributed by atoms with Crippen LogP contribution in [-0.2, 0) is 22.0 Å². The van der Waals surface area contributed by atoms with Crippen molar-refractivity contribution >= 4 is 21.7 Å². The largest absolute Gasteiger partial charge is 0.366 e. The second kappa shape index (κ2) is 11.9. The Morgan fingerprint density at radius 1 is 0.974 bits per heavy atom. The zero-order chi connectivity index (χ0) is 28.4. The zero-order valence-electron chi connectivity index (χ0n) is 24.2. The van der Waals surface area contributed by atoms with Crippen molar-refractivity contribution in [2.24, 2.45) is 0 Å². The van der Waals surface area contributed by atoms with Crippen LogP contribution in [0, 0.1) is 13.8 Å². The number of likely N-dealkylation sites (tertiary alicyclic amines) is 2. The normalized spacial score (nSPS) is 18.4. The van der Waals surface area contributed by atoms with Crippen LogP contribution in [0.1, 0.15) is 79.5 Å². The molecule has 1 aromatic heterocycles. The third-order valence-corrected chi connectivity index (χ3v) is 10.1. The fraction of sp³-hybridized carbons (Fsp3) is 0.621. The van der Waals surface area contributed by atoms with Crippen molar-refractivity contribution < 1.29 is 13.2 Å². The molecule has 2 fully saturated rings. The molecule has 2 saturated heterocycles. The molecule has 2 aliphatic rings. The van der Waals surface area contributed by atoms with Gasteiger partial charge >= 0.3 is 0 Å². The molecular formula is C29H44N6O3S. The average Bonchev–Trinajstić information content (AvgIpc) is 2.93. The van der Waals surface area contributed by atoms with E-state index in [-0.39, 0.29) is 16.6 Å². The summed E-state index contributed by atoms with van der Waals surface area (Å²) in [6.45, 7) is 13.9. The highest BCUT2D eigenvalue weighted by Crippen LogP contribution is 2.26. The summed E-state index contributed by atoms with van der Waals surface area (Å²) < 4.78 is 26.7. The lowest BCUT2D eigenvalue weighted by molar-refractivity contribution is 0.0585. The van der Waals surface area contributed by atoms with E-state index in [4.69, 9.17) is 0 Å². The number of piperidine rings is 2. The topological polar surface area (TPSA) is 108 Å². The fourth-order valence-corrected chi connectivity index (χ4v) is 6.78. The first kappa shape index (κ1) is 29.4. The van der Waals surface area contributed by atoms with E-state index in [1.165, 1.54) is 12.6 Å². The minimum absolute atomic E-state index is 0.0483. The van der Waals surface area contributed by atoms with Gasteiger partial charge in [-0.2, -0.15) is 0 Å². The summed E-state index contributed by atoms with van der Waals surface area (Å²) in [6, 6.07) is 8.98. The highest BCUT2D eigenvalue weighted by molar-refractivity contribution is 7.90. The Morgan fingerprint density at radius 2 is 1.59 bits per heavy atom. The monoisotopic (exact) mass is 556 g/mol. The van der Waals surface area contributed by atoms with Gasteiger partial charge in [0, 0.05) is 31.2 Å². The van der Waals surface area contributed by atoms with Gasteiger partial charge in [-0.25, -0.2) is 23.1 Å². The summed E-state index contributed by atoms with van der Waals surface area (Å²) in [5, 5.41) is 3.11. The number of carbonyl (C=O) groups is 1. The molecule has 3 heterocycles. The number of anilines is 1. The number of aryl methyl sites for hydroxylation is 1. The van der Waals surface area contributed by atoms with Crippen molar-refractivity contribution in [3.8, 4) is 0 Å². The minimum atomic E-state index is -3.21. The number of aromatic nitrogens is 2. The summed E-state index contributed by atoms with van der Waals surface area (Å²) in [5.74, 6) is 1.22. The summed E-state index contributed by atoms with van der Waals surface area (Å²) in [5.41, 5.74) is 3.79. The van der Waals surface area contributed by atoms with Crippen LogP contribution in [0.2, 0.25) is 0 Å². The van der Waals surface area contributed by atoms with E-state index in [1.54, 1.807) is 0 Å². The Hall–Kier alpha value is -2.56. The Bertz CT molecular complexity index is 1260. The number of carbonyl (C=O) groups excluding carboxylic acids is 1. The van der Waals surface area contributed by atoms with Gasteiger partial charge in [0.1, 0.15) is 17.3 Å². The van der Waals surface area contributed by atoms with E-state index in [1.807, 2.05) is 18.7 Å². The predicted molar refractivity (Wildman–Crippen MR) is 155 cm³/mol. The number of hydrogen-bond acceptors (Lipinski definition) is 7. The fourth-order valence-electron chi connectivity index (χ4n) is 5.62. The molecule has 0 bridgehead atoms. The highest BCUT2D eigenvalue weighted by Gasteiger charge is 2.34. The van der Waals surface area contributed by atoms with Crippen LogP contribution < -0.4 is 10.0 Å². The molecule has 1 amide bonds. The molecule has 10 heteroatoms. The van der Waals surface area contributed by atoms with Crippen LogP contribution >= 0.6 is 0 Å². The molecule has 0 unspecified atom stereocenters. The molecule has 0 atom stereocenters. The first-order chi connectivity index (χ1) is 18.4. The molecule has 2 N–H and O–H groups in total. The van der Waals surface area contributed by atoms with Gasteiger partial charge in [-0.3, -0.25) is 4.79 Å². The van der Waals surface area contributed by atoms with Crippen molar-refractivity contribution in [1.82, 2.24) is 24.5 Å². The molecule has 0 saturated carbocycles. The SMILES string of the molecule is CNS(=O)(=O)C1CCN(C2CCN(C(=O)c3nc(C)nc(NCc4ccc(C(C)(C)C)cc4)c3C)CC2)CC1. The van der Waals surface area contributed by atoms with Crippen molar-refractivity contribution in [2.45, 2.75) is 83.6 Å². The van der Waals surface area contributed by atoms with Gasteiger partial charge in [-0.1, -0.05) is 45.0 Å². The van der Waals surface area contributed by atoms with Crippen molar-refractivity contribution in [2.75, 3.05) is 38.5 Å². The molecule has 39 heavy (non-hydrogen) atoms. The van der Waals surface area contributed by atoms with E-state index < -0.39 is 10.0 Å². The Labute approximate surface area is 233 Å². The van der Waals surface area contributed by atoms with Crippen molar-refractivity contribution in [3.63, 3.8) is 0 Å². The first-order valence-corrected chi connectivity index (χ1v) is 15.6. The maximum absolute atomic E-state index is 13.5. The molecule has 1 aromatic carbocycles. The van der Waals surface area contributed by atoms with E-state index >= 15 is 0 Å². The van der Waals surface area contributed by atoms with E-state index in [2.05, 4.69) is 69.9 Å². The lowest BCUT2D eigenvalue weighted by Gasteiger charge is -2.41. The standard InChI is InChI=1S/C29H44N6O3S/c1-20-26(32-21(2)33-27(20)31-19-22-7-9-23(10-8-22)29(3,4)5)28(36)35-15-11-24(12-16-35)34-17-13-25(14-18-34)39(37,38)30-6/h7-10,24-25,30H,11-19H2,1-6H3,(H,31,32,33). The van der Waals surface area contributed by atoms with Crippen molar-refractivity contribution in [1.29, 1.82) is 0 Å². The van der Waals surface area contributed by atoms with Gasteiger partial charge in [0.25, 0.3) is 5.91 Å². The minimum Gasteiger partial charge on any atom is -0.366 e. The molecule has 0 spiro atoms. The Balaban J connectivity index is 1.35. The number of sulfonamides is 1. The van der Waals surface area contributed by atoms with Crippen LogP contribution in [0.5, 0.6) is 0 Å². The molecule has 0 radical (unpaired) electrons. The van der Waals surface area contributed by atoms with E-state index in [9.17, 15) is 13.2 Å². The van der Waals surface area contributed by atoms with Crippen LogP contribution in [-0.4, -0.2) is 78.6 Å². The first-order valence-electron chi connectivity index (χ1n) is 14.0. The van der Waals surface area contributed by atoms with Gasteiger partial charge in [0.15, 0.2) is 0 Å². The Kier molecular flexibility index (Phi) is 8.98. The molecule has 4 rings (SSSR count). The molecule has 214 valence electrons. The number of nitrogens with zero attached hydrogens (tertiary/aromatic N) is 4. The third kappa shape index (κ3) is 6.96. The average molecular weight is 557 g/mol. The van der Waals surface area contributed by atoms with Crippen molar-refractivity contribution in [3.05, 3.63) is 52.5 Å².